The normalized spacial score (nSPS) is 11.6. The minimum absolute atomic E-state index is 0.214. The molecule has 0 aromatic carbocycles. The fraction of sp³-hybridized carbons (Fsp3) is 0.250. The van der Waals surface area contributed by atoms with Gasteiger partial charge in [-0.15, -0.1) is 6.58 Å². The summed E-state index contributed by atoms with van der Waals surface area (Å²) in [7, 11) is 0. The second-order valence-electron chi connectivity index (χ2n) is 3.76. The first-order valence-electron chi connectivity index (χ1n) is 5.08. The van der Waals surface area contributed by atoms with Gasteiger partial charge < -0.3 is 10.4 Å². The number of nitrogens with one attached hydrogen (secondary N) is 1. The standard InChI is InChI=1S/C12H14N2O3/c1-8(2)7-10(12(16)17)14-11(15)9-3-5-13-6-4-9/h3-6,10H,1,7H2,2H3,(H,14,15)(H,16,17)/t10-/m1/s1. The van der Waals surface area contributed by atoms with Crippen molar-refractivity contribution in [3.63, 3.8) is 0 Å². The minimum atomic E-state index is -1.07. The fourth-order valence-electron chi connectivity index (χ4n) is 1.29. The molecule has 0 unspecified atom stereocenters. The predicted octanol–water partition coefficient (Wildman–Crippen LogP) is 1.23. The van der Waals surface area contributed by atoms with E-state index in [1.54, 1.807) is 6.92 Å². The molecule has 2 N–H and O–H groups in total. The van der Waals surface area contributed by atoms with Gasteiger partial charge in [0.05, 0.1) is 0 Å². The Morgan fingerprint density at radius 1 is 1.47 bits per heavy atom. The molecule has 0 fully saturated rings. The summed E-state index contributed by atoms with van der Waals surface area (Å²) in [5.41, 5.74) is 1.08. The van der Waals surface area contributed by atoms with Crippen molar-refractivity contribution in [3.8, 4) is 0 Å². The first-order valence-corrected chi connectivity index (χ1v) is 5.08. The highest BCUT2D eigenvalue weighted by Crippen LogP contribution is 2.04. The summed E-state index contributed by atoms with van der Waals surface area (Å²) in [5.74, 6) is -1.50. The lowest BCUT2D eigenvalue weighted by molar-refractivity contribution is -0.139. The maximum Gasteiger partial charge on any atom is 0.326 e. The molecule has 90 valence electrons. The van der Waals surface area contributed by atoms with Crippen molar-refractivity contribution < 1.29 is 14.7 Å². The Morgan fingerprint density at radius 3 is 2.53 bits per heavy atom. The van der Waals surface area contributed by atoms with E-state index in [1.807, 2.05) is 0 Å². The van der Waals surface area contributed by atoms with Gasteiger partial charge in [0.1, 0.15) is 6.04 Å². The molecular weight excluding hydrogens is 220 g/mol. The van der Waals surface area contributed by atoms with Crippen LogP contribution in [0, 0.1) is 0 Å². The molecule has 0 spiro atoms. The monoisotopic (exact) mass is 234 g/mol. The molecule has 0 aliphatic heterocycles. The molecule has 5 nitrogen and oxygen atoms in total. The molecule has 1 atom stereocenters. The van der Waals surface area contributed by atoms with Crippen LogP contribution in [0.3, 0.4) is 0 Å². The van der Waals surface area contributed by atoms with Gasteiger partial charge in [-0.3, -0.25) is 9.78 Å². The summed E-state index contributed by atoms with van der Waals surface area (Å²) in [6, 6.07) is 2.09. The van der Waals surface area contributed by atoms with Gasteiger partial charge >= 0.3 is 5.97 Å². The van der Waals surface area contributed by atoms with Crippen molar-refractivity contribution in [2.75, 3.05) is 0 Å². The van der Waals surface area contributed by atoms with Crippen LogP contribution in [0.5, 0.6) is 0 Å². The van der Waals surface area contributed by atoms with Gasteiger partial charge in [0, 0.05) is 18.0 Å². The van der Waals surface area contributed by atoms with E-state index >= 15 is 0 Å². The van der Waals surface area contributed by atoms with Gasteiger partial charge in [-0.1, -0.05) is 5.57 Å². The number of aliphatic carboxylic acids is 1. The Bertz CT molecular complexity index is 429. The molecule has 0 saturated carbocycles. The van der Waals surface area contributed by atoms with Crippen molar-refractivity contribution in [2.45, 2.75) is 19.4 Å². The van der Waals surface area contributed by atoms with Crippen LogP contribution in [0.2, 0.25) is 0 Å². The summed E-state index contributed by atoms with van der Waals surface area (Å²) < 4.78 is 0. The SMILES string of the molecule is C=C(C)C[C@@H](NC(=O)c1ccncc1)C(=O)O. The van der Waals surface area contributed by atoms with E-state index < -0.39 is 17.9 Å². The van der Waals surface area contributed by atoms with E-state index in [4.69, 9.17) is 5.11 Å². The number of hydrogen-bond acceptors (Lipinski definition) is 3. The Labute approximate surface area is 99.2 Å². The zero-order valence-corrected chi connectivity index (χ0v) is 9.51. The number of nitrogens with zero attached hydrogens (tertiary/aromatic N) is 1. The zero-order valence-electron chi connectivity index (χ0n) is 9.51. The second kappa shape index (κ2) is 5.79. The highest BCUT2D eigenvalue weighted by atomic mass is 16.4. The molecule has 1 heterocycles. The van der Waals surface area contributed by atoms with Crippen molar-refractivity contribution in [2.24, 2.45) is 0 Å². The smallest absolute Gasteiger partial charge is 0.326 e. The van der Waals surface area contributed by atoms with Gasteiger partial charge in [0.15, 0.2) is 0 Å². The van der Waals surface area contributed by atoms with Crippen LogP contribution in [0.4, 0.5) is 0 Å². The molecular formula is C12H14N2O3. The van der Waals surface area contributed by atoms with Crippen molar-refractivity contribution in [1.29, 1.82) is 0 Å². The Kier molecular flexibility index (Phi) is 4.39. The Balaban J connectivity index is 2.71. The van der Waals surface area contributed by atoms with E-state index in [2.05, 4.69) is 16.9 Å². The molecule has 1 rings (SSSR count). The van der Waals surface area contributed by atoms with Crippen molar-refractivity contribution in [1.82, 2.24) is 10.3 Å². The van der Waals surface area contributed by atoms with Crippen LogP contribution in [0.15, 0.2) is 36.7 Å². The van der Waals surface area contributed by atoms with Crippen molar-refractivity contribution >= 4 is 11.9 Å². The van der Waals surface area contributed by atoms with Crippen LogP contribution in [-0.2, 0) is 4.79 Å². The third-order valence-electron chi connectivity index (χ3n) is 2.10. The highest BCUT2D eigenvalue weighted by molar-refractivity contribution is 5.96. The van der Waals surface area contributed by atoms with E-state index in [1.165, 1.54) is 24.5 Å². The van der Waals surface area contributed by atoms with E-state index in [9.17, 15) is 9.59 Å². The van der Waals surface area contributed by atoms with E-state index in [-0.39, 0.29) is 6.42 Å². The number of carboxylic acid groups (broad SMARTS) is 1. The molecule has 0 aliphatic carbocycles. The van der Waals surface area contributed by atoms with Crippen LogP contribution in [0.25, 0.3) is 0 Å². The largest absolute Gasteiger partial charge is 0.480 e. The summed E-state index contributed by atoms with van der Waals surface area (Å²) in [6.07, 6.45) is 3.17. The van der Waals surface area contributed by atoms with Gasteiger partial charge in [-0.2, -0.15) is 0 Å². The third kappa shape index (κ3) is 4.06. The van der Waals surface area contributed by atoms with Gasteiger partial charge in [0.25, 0.3) is 5.91 Å². The lowest BCUT2D eigenvalue weighted by Crippen LogP contribution is -2.40. The van der Waals surface area contributed by atoms with Gasteiger partial charge in [-0.25, -0.2) is 4.79 Å². The number of amides is 1. The zero-order chi connectivity index (χ0) is 12.8. The summed E-state index contributed by atoms with van der Waals surface area (Å²) in [5, 5.41) is 11.4. The number of aromatic nitrogens is 1. The summed E-state index contributed by atoms with van der Waals surface area (Å²) in [6.45, 7) is 5.35. The van der Waals surface area contributed by atoms with Gasteiger partial charge in [0.2, 0.25) is 0 Å². The van der Waals surface area contributed by atoms with Crippen LogP contribution >= 0.6 is 0 Å². The molecule has 0 aliphatic rings. The molecule has 17 heavy (non-hydrogen) atoms. The topological polar surface area (TPSA) is 79.3 Å². The lowest BCUT2D eigenvalue weighted by Gasteiger charge is -2.14. The molecule has 1 aromatic rings. The lowest BCUT2D eigenvalue weighted by atomic mass is 10.1. The molecule has 0 saturated heterocycles. The molecule has 0 bridgehead atoms. The van der Waals surface area contributed by atoms with Crippen LogP contribution in [0.1, 0.15) is 23.7 Å². The minimum Gasteiger partial charge on any atom is -0.480 e. The Hall–Kier alpha value is -2.17. The number of carbonyl (C=O) groups is 2. The Morgan fingerprint density at radius 2 is 2.06 bits per heavy atom. The average Bonchev–Trinajstić information content (AvgIpc) is 2.28. The second-order valence-corrected chi connectivity index (χ2v) is 3.76. The summed E-state index contributed by atoms with van der Waals surface area (Å²) >= 11 is 0. The number of pyridine rings is 1. The summed E-state index contributed by atoms with van der Waals surface area (Å²) in [4.78, 5) is 26.4. The third-order valence-corrected chi connectivity index (χ3v) is 2.10. The molecule has 5 heteroatoms. The van der Waals surface area contributed by atoms with Gasteiger partial charge in [-0.05, 0) is 25.5 Å². The number of hydrogen-bond donors (Lipinski definition) is 2. The maximum atomic E-state index is 11.7. The highest BCUT2D eigenvalue weighted by Gasteiger charge is 2.20. The van der Waals surface area contributed by atoms with E-state index in [0.717, 1.165) is 0 Å². The predicted molar refractivity (Wildman–Crippen MR) is 62.6 cm³/mol. The quantitative estimate of drug-likeness (QED) is 0.751. The van der Waals surface area contributed by atoms with E-state index in [0.29, 0.717) is 11.1 Å². The maximum absolute atomic E-state index is 11.7. The molecule has 1 aromatic heterocycles. The number of carboxylic acids is 1. The average molecular weight is 234 g/mol. The molecule has 1 amide bonds. The van der Waals surface area contributed by atoms with Crippen molar-refractivity contribution in [3.05, 3.63) is 42.2 Å². The molecule has 0 radical (unpaired) electrons. The first-order chi connectivity index (χ1) is 8.00. The fourth-order valence-corrected chi connectivity index (χ4v) is 1.29. The first kappa shape index (κ1) is 12.9. The number of carbonyl (C=O) groups excluding carboxylic acids is 1. The number of rotatable bonds is 5. The van der Waals surface area contributed by atoms with Crippen LogP contribution < -0.4 is 5.32 Å². The van der Waals surface area contributed by atoms with Crippen LogP contribution in [-0.4, -0.2) is 28.0 Å².